The van der Waals surface area contributed by atoms with Crippen LogP contribution in [0.25, 0.3) is 0 Å². The van der Waals surface area contributed by atoms with E-state index in [0.29, 0.717) is 23.7 Å². The lowest BCUT2D eigenvalue weighted by molar-refractivity contribution is 0.411. The second-order valence-electron chi connectivity index (χ2n) is 4.06. The molecule has 0 saturated carbocycles. The van der Waals surface area contributed by atoms with E-state index in [-0.39, 0.29) is 12.4 Å². The molecular formula is C12H21ClN2O3S. The third-order valence-electron chi connectivity index (χ3n) is 2.75. The van der Waals surface area contributed by atoms with E-state index in [1.807, 2.05) is 6.92 Å². The van der Waals surface area contributed by atoms with Gasteiger partial charge in [0.1, 0.15) is 5.75 Å². The third kappa shape index (κ3) is 4.35. The minimum absolute atomic E-state index is 0. The lowest BCUT2D eigenvalue weighted by Crippen LogP contribution is -2.32. The van der Waals surface area contributed by atoms with Gasteiger partial charge in [-0.15, -0.1) is 12.4 Å². The molecule has 110 valence electrons. The molecule has 1 N–H and O–H groups in total. The zero-order valence-corrected chi connectivity index (χ0v) is 13.3. The van der Waals surface area contributed by atoms with Crippen molar-refractivity contribution in [1.29, 1.82) is 0 Å². The van der Waals surface area contributed by atoms with Crippen molar-refractivity contribution in [3.8, 4) is 5.75 Å². The minimum Gasteiger partial charge on any atom is -0.496 e. The fourth-order valence-corrected chi connectivity index (χ4v) is 2.84. The van der Waals surface area contributed by atoms with E-state index < -0.39 is 10.0 Å². The van der Waals surface area contributed by atoms with Crippen LogP contribution in [0.5, 0.6) is 5.75 Å². The molecule has 0 aliphatic heterocycles. The molecule has 0 atom stereocenters. The maximum absolute atomic E-state index is 12.2. The quantitative estimate of drug-likeness (QED) is 0.860. The number of likely N-dealkylation sites (N-methyl/N-ethyl adjacent to an activating group) is 2. The van der Waals surface area contributed by atoms with Crippen LogP contribution in [0.4, 0.5) is 0 Å². The molecule has 0 amide bonds. The number of benzene rings is 1. The Bertz CT molecular complexity index is 506. The smallest absolute Gasteiger partial charge is 0.242 e. The van der Waals surface area contributed by atoms with Gasteiger partial charge < -0.3 is 10.1 Å². The first-order chi connectivity index (χ1) is 8.43. The highest BCUT2D eigenvalue weighted by Gasteiger charge is 2.20. The zero-order valence-electron chi connectivity index (χ0n) is 11.6. The van der Waals surface area contributed by atoms with Gasteiger partial charge >= 0.3 is 0 Å². The van der Waals surface area contributed by atoms with Gasteiger partial charge in [-0.05, 0) is 37.7 Å². The molecule has 1 aromatic rings. The molecule has 0 unspecified atom stereocenters. The summed E-state index contributed by atoms with van der Waals surface area (Å²) in [6.07, 6.45) is 0. The second-order valence-corrected chi connectivity index (χ2v) is 6.11. The zero-order chi connectivity index (χ0) is 13.8. The summed E-state index contributed by atoms with van der Waals surface area (Å²) in [5, 5.41) is 2.93. The van der Waals surface area contributed by atoms with E-state index >= 15 is 0 Å². The van der Waals surface area contributed by atoms with E-state index in [1.54, 1.807) is 39.4 Å². The van der Waals surface area contributed by atoms with E-state index in [2.05, 4.69) is 5.32 Å². The van der Waals surface area contributed by atoms with Gasteiger partial charge in [-0.3, -0.25) is 0 Å². The maximum Gasteiger partial charge on any atom is 0.242 e. The van der Waals surface area contributed by atoms with Crippen molar-refractivity contribution in [2.75, 3.05) is 34.3 Å². The molecule has 0 spiro atoms. The van der Waals surface area contributed by atoms with Crippen LogP contribution in [0.3, 0.4) is 0 Å². The molecule has 1 aromatic carbocycles. The van der Waals surface area contributed by atoms with Crippen molar-refractivity contribution in [2.45, 2.75) is 11.8 Å². The van der Waals surface area contributed by atoms with Crippen LogP contribution in [0.15, 0.2) is 23.1 Å². The number of hydrogen-bond donors (Lipinski definition) is 1. The van der Waals surface area contributed by atoms with Gasteiger partial charge in [0, 0.05) is 20.1 Å². The Labute approximate surface area is 121 Å². The van der Waals surface area contributed by atoms with Crippen LogP contribution in [0.1, 0.15) is 5.56 Å². The molecule has 19 heavy (non-hydrogen) atoms. The predicted octanol–water partition coefficient (Wildman–Crippen LogP) is 1.27. The van der Waals surface area contributed by atoms with Crippen molar-refractivity contribution in [3.05, 3.63) is 23.8 Å². The number of sulfonamides is 1. The van der Waals surface area contributed by atoms with Gasteiger partial charge in [0.05, 0.1) is 12.0 Å². The van der Waals surface area contributed by atoms with Gasteiger partial charge in [-0.2, -0.15) is 4.31 Å². The Kier molecular flexibility index (Phi) is 7.36. The average Bonchev–Trinajstić information content (AvgIpc) is 2.35. The molecule has 0 bridgehead atoms. The van der Waals surface area contributed by atoms with Gasteiger partial charge in [0.25, 0.3) is 0 Å². The van der Waals surface area contributed by atoms with E-state index in [0.717, 1.165) is 5.56 Å². The normalized spacial score (nSPS) is 11.2. The maximum atomic E-state index is 12.2. The Morgan fingerprint density at radius 2 is 2.00 bits per heavy atom. The van der Waals surface area contributed by atoms with Crippen molar-refractivity contribution in [3.63, 3.8) is 0 Å². The van der Waals surface area contributed by atoms with Crippen LogP contribution >= 0.6 is 12.4 Å². The summed E-state index contributed by atoms with van der Waals surface area (Å²) in [6.45, 7) is 2.88. The number of nitrogens with one attached hydrogen (secondary N) is 1. The van der Waals surface area contributed by atoms with Gasteiger partial charge in [-0.25, -0.2) is 8.42 Å². The molecular weight excluding hydrogens is 288 g/mol. The van der Waals surface area contributed by atoms with Crippen molar-refractivity contribution in [1.82, 2.24) is 9.62 Å². The Morgan fingerprint density at radius 1 is 1.37 bits per heavy atom. The van der Waals surface area contributed by atoms with Crippen molar-refractivity contribution >= 4 is 22.4 Å². The summed E-state index contributed by atoms with van der Waals surface area (Å²) < 4.78 is 31.0. The van der Waals surface area contributed by atoms with E-state index in [1.165, 1.54) is 4.31 Å². The minimum atomic E-state index is -3.42. The highest BCUT2D eigenvalue weighted by atomic mass is 35.5. The van der Waals surface area contributed by atoms with Crippen LogP contribution in [0, 0.1) is 6.92 Å². The van der Waals surface area contributed by atoms with Crippen LogP contribution in [-0.4, -0.2) is 47.0 Å². The SMILES string of the molecule is CNCCN(C)S(=O)(=O)c1ccc(OC)c(C)c1.Cl. The van der Waals surface area contributed by atoms with Crippen LogP contribution < -0.4 is 10.1 Å². The second kappa shape index (κ2) is 7.69. The highest BCUT2D eigenvalue weighted by molar-refractivity contribution is 7.89. The summed E-state index contributed by atoms with van der Waals surface area (Å²) in [7, 11) is 1.51. The van der Waals surface area contributed by atoms with Crippen molar-refractivity contribution < 1.29 is 13.2 Å². The largest absolute Gasteiger partial charge is 0.496 e. The standard InChI is InChI=1S/C12H20N2O3S.ClH/c1-10-9-11(5-6-12(10)17-4)18(15,16)14(3)8-7-13-2;/h5-6,9,13H,7-8H2,1-4H3;1H. The highest BCUT2D eigenvalue weighted by Crippen LogP contribution is 2.22. The Hall–Kier alpha value is -0.820. The summed E-state index contributed by atoms with van der Waals surface area (Å²) in [4.78, 5) is 0.291. The third-order valence-corrected chi connectivity index (χ3v) is 4.60. The lowest BCUT2D eigenvalue weighted by atomic mass is 10.2. The lowest BCUT2D eigenvalue weighted by Gasteiger charge is -2.17. The van der Waals surface area contributed by atoms with Crippen LogP contribution in [-0.2, 0) is 10.0 Å². The Balaban J connectivity index is 0.00000324. The summed E-state index contributed by atoms with van der Waals surface area (Å²) in [6, 6.07) is 4.87. The predicted molar refractivity (Wildman–Crippen MR) is 78.7 cm³/mol. The van der Waals surface area contributed by atoms with E-state index in [4.69, 9.17) is 4.74 Å². The topological polar surface area (TPSA) is 58.6 Å². The fraction of sp³-hybridized carbons (Fsp3) is 0.500. The van der Waals surface area contributed by atoms with Gasteiger partial charge in [0.15, 0.2) is 0 Å². The van der Waals surface area contributed by atoms with Crippen LogP contribution in [0.2, 0.25) is 0 Å². The Morgan fingerprint density at radius 3 is 2.47 bits per heavy atom. The molecule has 1 rings (SSSR count). The molecule has 0 aliphatic rings. The number of rotatable bonds is 6. The van der Waals surface area contributed by atoms with Gasteiger partial charge in [-0.1, -0.05) is 0 Å². The average molecular weight is 309 g/mol. The summed E-state index contributed by atoms with van der Waals surface area (Å²) >= 11 is 0. The number of halogens is 1. The van der Waals surface area contributed by atoms with Gasteiger partial charge in [0.2, 0.25) is 10.0 Å². The van der Waals surface area contributed by atoms with E-state index in [9.17, 15) is 8.42 Å². The molecule has 5 nitrogen and oxygen atoms in total. The molecule has 7 heteroatoms. The number of ether oxygens (including phenoxy) is 1. The number of nitrogens with zero attached hydrogens (tertiary/aromatic N) is 1. The summed E-state index contributed by atoms with van der Waals surface area (Å²) in [5.74, 6) is 0.687. The molecule has 0 fully saturated rings. The number of hydrogen-bond acceptors (Lipinski definition) is 4. The molecule has 0 aromatic heterocycles. The first-order valence-corrected chi connectivity index (χ1v) is 7.13. The fourth-order valence-electron chi connectivity index (χ4n) is 1.58. The monoisotopic (exact) mass is 308 g/mol. The molecule has 0 saturated heterocycles. The molecule has 0 aliphatic carbocycles. The first kappa shape index (κ1) is 18.2. The molecule has 0 heterocycles. The number of aryl methyl sites for hydroxylation is 1. The first-order valence-electron chi connectivity index (χ1n) is 5.69. The number of methoxy groups -OCH3 is 1. The summed E-state index contributed by atoms with van der Waals surface area (Å²) in [5.41, 5.74) is 0.806. The van der Waals surface area contributed by atoms with Crippen molar-refractivity contribution in [2.24, 2.45) is 0 Å². The molecule has 0 radical (unpaired) electrons.